The minimum Gasteiger partial charge on any atom is -0.449 e. The van der Waals surface area contributed by atoms with E-state index in [2.05, 4.69) is 223 Å². The van der Waals surface area contributed by atoms with Crippen molar-refractivity contribution in [1.82, 2.24) is 0 Å². The fourth-order valence-corrected chi connectivity index (χ4v) is 12.2. The van der Waals surface area contributed by atoms with Crippen LogP contribution in [0.4, 0.5) is 17.1 Å². The lowest BCUT2D eigenvalue weighted by atomic mass is 9.70. The molecule has 0 atom stereocenters. The summed E-state index contributed by atoms with van der Waals surface area (Å²) in [6.07, 6.45) is 0. The number of ether oxygens (including phenoxy) is 2. The maximum atomic E-state index is 7.20. The van der Waals surface area contributed by atoms with E-state index in [4.69, 9.17) is 9.47 Å². The Labute approximate surface area is 380 Å². The van der Waals surface area contributed by atoms with Crippen molar-refractivity contribution < 1.29 is 9.47 Å². The van der Waals surface area contributed by atoms with Gasteiger partial charge in [-0.2, -0.15) is 0 Å². The number of anilines is 3. The van der Waals surface area contributed by atoms with Crippen LogP contribution in [0.1, 0.15) is 22.3 Å². The molecular formula is C61H37NO2S. The molecule has 0 amide bonds. The molecule has 0 radical (unpaired) electrons. The largest absolute Gasteiger partial charge is 0.449 e. The Morgan fingerprint density at radius 3 is 1.75 bits per heavy atom. The summed E-state index contributed by atoms with van der Waals surface area (Å²) in [4.78, 5) is 2.32. The number of hydrogen-bond donors (Lipinski definition) is 0. The van der Waals surface area contributed by atoms with Crippen molar-refractivity contribution in [3.8, 4) is 67.5 Å². The molecule has 2 heterocycles. The van der Waals surface area contributed by atoms with Gasteiger partial charge in [0.25, 0.3) is 0 Å². The van der Waals surface area contributed by atoms with Crippen LogP contribution in [-0.2, 0) is 5.41 Å². The van der Waals surface area contributed by atoms with E-state index in [0.717, 1.165) is 33.9 Å². The van der Waals surface area contributed by atoms with Gasteiger partial charge in [0.2, 0.25) is 0 Å². The average Bonchev–Trinajstić information content (AvgIpc) is 4.01. The summed E-state index contributed by atoms with van der Waals surface area (Å²) >= 11 is 1.86. The predicted molar refractivity (Wildman–Crippen MR) is 268 cm³/mol. The Balaban J connectivity index is 0.906. The topological polar surface area (TPSA) is 21.7 Å². The second-order valence-corrected chi connectivity index (χ2v) is 18.2. The van der Waals surface area contributed by atoms with E-state index in [9.17, 15) is 0 Å². The highest BCUT2D eigenvalue weighted by Crippen LogP contribution is 2.66. The number of fused-ring (bicyclic) bond motifs is 16. The van der Waals surface area contributed by atoms with Gasteiger partial charge in [0.05, 0.1) is 11.1 Å². The van der Waals surface area contributed by atoms with Crippen molar-refractivity contribution in [3.63, 3.8) is 0 Å². The molecule has 3 aliphatic rings. The number of hydrogen-bond acceptors (Lipinski definition) is 4. The Morgan fingerprint density at radius 2 is 0.954 bits per heavy atom. The zero-order valence-electron chi connectivity index (χ0n) is 35.0. The number of nitrogens with zero attached hydrogens (tertiary/aromatic N) is 1. The SMILES string of the molecule is c1ccc(-c2cccc(N(c3ccc(-c4cccc5c4sc4ccccc45)cc3)c3ccc4c(c3)Oc3c(ccc5c3-c3ccccc3C53c5ccccc5-c5ccccc53)O4)c2)cc1. The fraction of sp³-hybridized carbons (Fsp3) is 0.0164. The molecule has 1 aromatic heterocycles. The lowest BCUT2D eigenvalue weighted by molar-refractivity contribution is 0.360. The molecule has 1 spiro atoms. The molecule has 0 saturated heterocycles. The molecule has 0 N–H and O–H groups in total. The van der Waals surface area contributed by atoms with Crippen LogP contribution in [0.15, 0.2) is 224 Å². The highest BCUT2D eigenvalue weighted by Gasteiger charge is 2.53. The molecule has 11 aromatic rings. The van der Waals surface area contributed by atoms with Crippen molar-refractivity contribution in [1.29, 1.82) is 0 Å². The predicted octanol–water partition coefficient (Wildman–Crippen LogP) is 17.1. The molecular weight excluding hydrogens is 811 g/mol. The summed E-state index contributed by atoms with van der Waals surface area (Å²) < 4.78 is 16.6. The Bertz CT molecular complexity index is 3690. The minimum absolute atomic E-state index is 0.477. The molecule has 14 rings (SSSR count). The van der Waals surface area contributed by atoms with Gasteiger partial charge < -0.3 is 14.4 Å². The Morgan fingerprint density at radius 1 is 0.354 bits per heavy atom. The van der Waals surface area contributed by atoms with E-state index < -0.39 is 5.41 Å². The third-order valence-electron chi connectivity index (χ3n) is 13.7. The maximum Gasteiger partial charge on any atom is 0.178 e. The van der Waals surface area contributed by atoms with E-state index in [-0.39, 0.29) is 0 Å². The minimum atomic E-state index is -0.477. The van der Waals surface area contributed by atoms with E-state index in [1.165, 1.54) is 75.8 Å². The smallest absolute Gasteiger partial charge is 0.178 e. The van der Waals surface area contributed by atoms with Crippen LogP contribution in [0.2, 0.25) is 0 Å². The van der Waals surface area contributed by atoms with E-state index in [1.807, 2.05) is 17.4 Å². The summed E-state index contributed by atoms with van der Waals surface area (Å²) in [5, 5.41) is 2.60. The highest BCUT2D eigenvalue weighted by atomic mass is 32.1. The van der Waals surface area contributed by atoms with Gasteiger partial charge in [0, 0.05) is 43.2 Å². The summed E-state index contributed by atoms with van der Waals surface area (Å²) in [6.45, 7) is 0. The number of rotatable bonds is 5. The van der Waals surface area contributed by atoms with Gasteiger partial charge >= 0.3 is 0 Å². The molecule has 1 aliphatic heterocycles. The van der Waals surface area contributed by atoms with Crippen molar-refractivity contribution in [2.75, 3.05) is 4.90 Å². The van der Waals surface area contributed by atoms with Gasteiger partial charge in [0.1, 0.15) is 0 Å². The third kappa shape index (κ3) is 5.23. The standard InChI is InChI=1S/C61H37NO2S/c1-2-14-38(15-3-1)40-16-12-17-42(36-40)62(41-30-28-39(29-31-41)44-22-13-23-48-47-20-7-11-27-57(47)65-60(44)48)43-32-34-54-56(37-43)64-59-55(63-54)35-33-53-58(59)49-21-6-10-26-52(49)61(53)50-24-8-4-18-45(50)46-19-5-9-25-51(46)61/h1-37H. The lowest BCUT2D eigenvalue weighted by Gasteiger charge is -2.31. The first-order valence-electron chi connectivity index (χ1n) is 22.2. The zero-order chi connectivity index (χ0) is 42.6. The molecule has 4 heteroatoms. The maximum absolute atomic E-state index is 7.20. The Hall–Kier alpha value is -8.18. The van der Waals surface area contributed by atoms with Crippen LogP contribution in [0, 0.1) is 0 Å². The molecule has 0 fully saturated rings. The van der Waals surface area contributed by atoms with Gasteiger partial charge in [-0.05, 0) is 110 Å². The third-order valence-corrected chi connectivity index (χ3v) is 15.0. The highest BCUT2D eigenvalue weighted by molar-refractivity contribution is 7.26. The van der Waals surface area contributed by atoms with Crippen molar-refractivity contribution in [2.24, 2.45) is 0 Å². The summed E-state index contributed by atoms with van der Waals surface area (Å²) in [6, 6.07) is 81.0. The number of thiophene rings is 1. The van der Waals surface area contributed by atoms with E-state index in [1.54, 1.807) is 0 Å². The van der Waals surface area contributed by atoms with Gasteiger partial charge in [-0.25, -0.2) is 0 Å². The first-order valence-corrected chi connectivity index (χ1v) is 23.0. The summed E-state index contributed by atoms with van der Waals surface area (Å²) in [5.41, 5.74) is 17.2. The summed E-state index contributed by atoms with van der Waals surface area (Å²) in [7, 11) is 0. The van der Waals surface area contributed by atoms with Crippen molar-refractivity contribution >= 4 is 48.6 Å². The lowest BCUT2D eigenvalue weighted by Crippen LogP contribution is -2.25. The monoisotopic (exact) mass is 847 g/mol. The van der Waals surface area contributed by atoms with Gasteiger partial charge in [0.15, 0.2) is 23.0 Å². The van der Waals surface area contributed by atoms with Crippen molar-refractivity contribution in [2.45, 2.75) is 5.41 Å². The van der Waals surface area contributed by atoms with Crippen molar-refractivity contribution in [3.05, 3.63) is 247 Å². The second kappa shape index (κ2) is 13.9. The zero-order valence-corrected chi connectivity index (χ0v) is 35.9. The molecule has 65 heavy (non-hydrogen) atoms. The first-order chi connectivity index (χ1) is 32.2. The molecule has 0 unspecified atom stereocenters. The quantitative estimate of drug-likeness (QED) is 0.172. The van der Waals surface area contributed by atoms with Crippen LogP contribution >= 0.6 is 11.3 Å². The first kappa shape index (κ1) is 36.3. The molecule has 304 valence electrons. The van der Waals surface area contributed by atoms with Crippen LogP contribution in [-0.4, -0.2) is 0 Å². The molecule has 3 nitrogen and oxygen atoms in total. The molecule has 2 aliphatic carbocycles. The van der Waals surface area contributed by atoms with Crippen LogP contribution in [0.25, 0.3) is 64.7 Å². The van der Waals surface area contributed by atoms with E-state index >= 15 is 0 Å². The molecule has 10 aromatic carbocycles. The van der Waals surface area contributed by atoms with Gasteiger partial charge in [-0.15, -0.1) is 11.3 Å². The average molecular weight is 848 g/mol. The normalized spacial score (nSPS) is 13.3. The number of benzene rings is 10. The van der Waals surface area contributed by atoms with E-state index in [0.29, 0.717) is 17.2 Å². The van der Waals surface area contributed by atoms with Crippen LogP contribution in [0.5, 0.6) is 23.0 Å². The molecule has 0 bridgehead atoms. The van der Waals surface area contributed by atoms with Gasteiger partial charge in [-0.1, -0.05) is 170 Å². The fourth-order valence-electron chi connectivity index (χ4n) is 11.0. The second-order valence-electron chi connectivity index (χ2n) is 17.1. The van der Waals surface area contributed by atoms with Crippen LogP contribution in [0.3, 0.4) is 0 Å². The van der Waals surface area contributed by atoms with Gasteiger partial charge in [-0.3, -0.25) is 0 Å². The Kier molecular flexibility index (Phi) is 7.77. The summed E-state index contributed by atoms with van der Waals surface area (Å²) in [5.74, 6) is 2.82. The molecule has 0 saturated carbocycles. The van der Waals surface area contributed by atoms with Crippen LogP contribution < -0.4 is 14.4 Å².